The smallest absolute Gasteiger partial charge is 0.338 e. The van der Waals surface area contributed by atoms with Crippen LogP contribution in [0.25, 0.3) is 0 Å². The van der Waals surface area contributed by atoms with Gasteiger partial charge in [0.15, 0.2) is 0 Å². The van der Waals surface area contributed by atoms with Crippen molar-refractivity contribution in [3.8, 4) is 5.75 Å². The summed E-state index contributed by atoms with van der Waals surface area (Å²) in [5, 5.41) is 8.61. The summed E-state index contributed by atoms with van der Waals surface area (Å²) in [6.45, 7) is 4.50. The lowest BCUT2D eigenvalue weighted by molar-refractivity contribution is -0.139. The largest absolute Gasteiger partial charge is 0.489 e. The van der Waals surface area contributed by atoms with Gasteiger partial charge < -0.3 is 14.8 Å². The van der Waals surface area contributed by atoms with E-state index in [9.17, 15) is 4.79 Å². The summed E-state index contributed by atoms with van der Waals surface area (Å²) in [4.78, 5) is 17.3. The lowest BCUT2D eigenvalue weighted by atomic mass is 9.94. The van der Waals surface area contributed by atoms with Crippen LogP contribution in [-0.2, 0) is 16.1 Å². The van der Waals surface area contributed by atoms with E-state index in [0.717, 1.165) is 23.2 Å². The number of ether oxygens (including phenoxy) is 2. The second-order valence-electron chi connectivity index (χ2n) is 7.52. The van der Waals surface area contributed by atoms with Gasteiger partial charge in [-0.2, -0.15) is 10.1 Å². The van der Waals surface area contributed by atoms with Gasteiger partial charge in [-0.25, -0.2) is 9.48 Å². The molecule has 172 valence electrons. The molecule has 1 N–H and O–H groups in total. The number of rotatable bonds is 8. The van der Waals surface area contributed by atoms with E-state index in [0.29, 0.717) is 47.0 Å². The van der Waals surface area contributed by atoms with Crippen LogP contribution in [0, 0.1) is 0 Å². The minimum atomic E-state index is -0.450. The van der Waals surface area contributed by atoms with Crippen molar-refractivity contribution in [1.82, 2.24) is 14.8 Å². The average Bonchev–Trinajstić information content (AvgIpc) is 3.28. The van der Waals surface area contributed by atoms with Gasteiger partial charge in [-0.05, 0) is 48.7 Å². The fourth-order valence-electron chi connectivity index (χ4n) is 3.76. The van der Waals surface area contributed by atoms with Gasteiger partial charge in [0.05, 0.1) is 22.2 Å². The number of hydrogen-bond acceptors (Lipinski definition) is 6. The van der Waals surface area contributed by atoms with Gasteiger partial charge in [-0.3, -0.25) is 0 Å². The van der Waals surface area contributed by atoms with Crippen LogP contribution in [0.3, 0.4) is 0 Å². The van der Waals surface area contributed by atoms with Crippen LogP contribution in [0.15, 0.2) is 60.1 Å². The molecule has 7 nitrogen and oxygen atoms in total. The molecule has 1 aliphatic heterocycles. The molecule has 1 aromatic heterocycles. The molecule has 0 aliphatic carbocycles. The van der Waals surface area contributed by atoms with Gasteiger partial charge in [0.25, 0.3) is 0 Å². The first-order valence-corrected chi connectivity index (χ1v) is 11.5. The van der Waals surface area contributed by atoms with Gasteiger partial charge in [0, 0.05) is 5.70 Å². The number of fused-ring (bicyclic) bond motifs is 1. The van der Waals surface area contributed by atoms with Crippen molar-refractivity contribution in [3.63, 3.8) is 0 Å². The molecular formula is C24H24Cl2N4O3. The summed E-state index contributed by atoms with van der Waals surface area (Å²) in [6.07, 6.45) is 3.04. The van der Waals surface area contributed by atoms with E-state index in [4.69, 9.17) is 32.7 Å². The number of esters is 1. The molecule has 9 heteroatoms. The highest BCUT2D eigenvalue weighted by atomic mass is 35.5. The summed E-state index contributed by atoms with van der Waals surface area (Å²) in [6, 6.07) is 12.5. The average molecular weight is 487 g/mol. The number of carbonyl (C=O) groups excluding carboxylic acids is 1. The van der Waals surface area contributed by atoms with E-state index in [1.54, 1.807) is 23.7 Å². The number of benzene rings is 2. The molecule has 0 saturated carbocycles. The third kappa shape index (κ3) is 4.99. The van der Waals surface area contributed by atoms with Crippen molar-refractivity contribution < 1.29 is 14.3 Å². The molecule has 1 atom stereocenters. The fourth-order valence-corrected chi connectivity index (χ4v) is 4.08. The molecular weight excluding hydrogens is 463 g/mol. The molecule has 0 amide bonds. The number of carbonyl (C=O) groups is 1. The van der Waals surface area contributed by atoms with Crippen LogP contribution >= 0.6 is 23.2 Å². The molecule has 4 rings (SSSR count). The molecule has 1 aliphatic rings. The van der Waals surface area contributed by atoms with Crippen LogP contribution in [0.5, 0.6) is 5.75 Å². The van der Waals surface area contributed by atoms with Gasteiger partial charge in [-0.15, -0.1) is 0 Å². The van der Waals surface area contributed by atoms with Crippen molar-refractivity contribution >= 4 is 35.1 Å². The quantitative estimate of drug-likeness (QED) is 0.405. The normalized spacial score (nSPS) is 15.1. The van der Waals surface area contributed by atoms with Crippen LogP contribution < -0.4 is 10.1 Å². The molecule has 3 aromatic rings. The zero-order valence-corrected chi connectivity index (χ0v) is 19.9. The van der Waals surface area contributed by atoms with E-state index < -0.39 is 6.04 Å². The maximum Gasteiger partial charge on any atom is 0.338 e. The zero-order valence-electron chi connectivity index (χ0n) is 18.3. The summed E-state index contributed by atoms with van der Waals surface area (Å²) in [7, 11) is 0. The molecule has 33 heavy (non-hydrogen) atoms. The van der Waals surface area contributed by atoms with Crippen LogP contribution in [0.4, 0.5) is 5.95 Å². The van der Waals surface area contributed by atoms with Crippen molar-refractivity contribution in [2.24, 2.45) is 0 Å². The minimum Gasteiger partial charge on any atom is -0.489 e. The number of hydrogen-bond donors (Lipinski definition) is 1. The topological polar surface area (TPSA) is 78.3 Å². The van der Waals surface area contributed by atoms with Crippen LogP contribution in [0.2, 0.25) is 10.0 Å². The first-order valence-electron chi connectivity index (χ1n) is 10.7. The van der Waals surface area contributed by atoms with E-state index in [-0.39, 0.29) is 5.97 Å². The monoisotopic (exact) mass is 486 g/mol. The first kappa shape index (κ1) is 23.1. The third-order valence-electron chi connectivity index (χ3n) is 5.26. The van der Waals surface area contributed by atoms with Gasteiger partial charge in [0.2, 0.25) is 5.95 Å². The van der Waals surface area contributed by atoms with Crippen LogP contribution in [0.1, 0.15) is 43.9 Å². The summed E-state index contributed by atoms with van der Waals surface area (Å²) in [5.74, 6) is 0.920. The highest BCUT2D eigenvalue weighted by Crippen LogP contribution is 2.37. The number of allylic oxidation sites excluding steroid dienone is 1. The standard InChI is InChI=1S/C24H24Cl2N4O3/c1-3-5-20-21(23(31)32-4-2)22(30-24(29-20)27-14-28-30)16-7-9-17(10-8-16)33-13-15-6-11-18(25)19(26)12-15/h6-12,14,22H,3-5,13H2,1-2H3,(H,27,28,29)/t22-/m0/s1. The van der Waals surface area contributed by atoms with Gasteiger partial charge in [-0.1, -0.05) is 54.7 Å². The van der Waals surface area contributed by atoms with Gasteiger partial charge in [0.1, 0.15) is 24.7 Å². The predicted molar refractivity (Wildman–Crippen MR) is 128 cm³/mol. The number of nitrogens with one attached hydrogen (secondary N) is 1. The maximum absolute atomic E-state index is 13.0. The molecule has 2 aromatic carbocycles. The van der Waals surface area contributed by atoms with Crippen molar-refractivity contribution in [1.29, 1.82) is 0 Å². The first-order chi connectivity index (χ1) is 16.0. The molecule has 0 unspecified atom stereocenters. The Bertz CT molecular complexity index is 1170. The van der Waals surface area contributed by atoms with Crippen molar-refractivity contribution in [2.45, 2.75) is 39.3 Å². The third-order valence-corrected chi connectivity index (χ3v) is 6.00. The summed E-state index contributed by atoms with van der Waals surface area (Å²) in [5.41, 5.74) is 3.14. The number of anilines is 1. The molecule has 0 saturated heterocycles. The second kappa shape index (κ2) is 10.3. The highest BCUT2D eigenvalue weighted by Gasteiger charge is 2.35. The van der Waals surface area contributed by atoms with E-state index >= 15 is 0 Å². The highest BCUT2D eigenvalue weighted by molar-refractivity contribution is 6.42. The fraction of sp³-hybridized carbons (Fsp3) is 0.292. The summed E-state index contributed by atoms with van der Waals surface area (Å²) >= 11 is 12.1. The SMILES string of the molecule is CCCC1=C(C(=O)OCC)[C@H](c2ccc(OCc3ccc(Cl)c(Cl)c3)cc2)n2ncnc2N1. The maximum atomic E-state index is 13.0. The lowest BCUT2D eigenvalue weighted by Gasteiger charge is -2.29. The Morgan fingerprint density at radius 3 is 2.61 bits per heavy atom. The van der Waals surface area contributed by atoms with Crippen molar-refractivity contribution in [3.05, 3.63) is 81.2 Å². The molecule has 0 fully saturated rings. The number of halogens is 2. The summed E-state index contributed by atoms with van der Waals surface area (Å²) < 4.78 is 13.0. The Kier molecular flexibility index (Phi) is 7.20. The zero-order chi connectivity index (χ0) is 23.4. The van der Waals surface area contributed by atoms with E-state index in [1.807, 2.05) is 30.3 Å². The Morgan fingerprint density at radius 1 is 1.12 bits per heavy atom. The number of nitrogens with zero attached hydrogens (tertiary/aromatic N) is 3. The predicted octanol–water partition coefficient (Wildman–Crippen LogP) is 5.80. The van der Waals surface area contributed by atoms with E-state index in [2.05, 4.69) is 22.3 Å². The molecule has 0 bridgehead atoms. The Hall–Kier alpha value is -3.03. The Balaban J connectivity index is 1.61. The Morgan fingerprint density at radius 2 is 1.91 bits per heavy atom. The molecule has 0 spiro atoms. The Labute approximate surface area is 202 Å². The lowest BCUT2D eigenvalue weighted by Crippen LogP contribution is -2.30. The van der Waals surface area contributed by atoms with Crippen LogP contribution in [-0.4, -0.2) is 27.3 Å². The minimum absolute atomic E-state index is 0.292. The van der Waals surface area contributed by atoms with Gasteiger partial charge >= 0.3 is 5.97 Å². The number of aromatic nitrogens is 3. The second-order valence-corrected chi connectivity index (χ2v) is 8.34. The van der Waals surface area contributed by atoms with Crippen molar-refractivity contribution in [2.75, 3.05) is 11.9 Å². The molecule has 2 heterocycles. The molecule has 0 radical (unpaired) electrons. The van der Waals surface area contributed by atoms with E-state index in [1.165, 1.54) is 6.33 Å².